The number of hydrogen-bond donors (Lipinski definition) is 3. The van der Waals surface area contributed by atoms with Crippen molar-refractivity contribution in [2.24, 2.45) is 11.5 Å². The minimum absolute atomic E-state index is 0.0927. The summed E-state index contributed by atoms with van der Waals surface area (Å²) in [6.07, 6.45) is 0.254. The quantitative estimate of drug-likeness (QED) is 0.707. The van der Waals surface area contributed by atoms with E-state index in [9.17, 15) is 4.79 Å². The van der Waals surface area contributed by atoms with Crippen molar-refractivity contribution in [3.05, 3.63) is 29.3 Å². The molecule has 0 saturated carbocycles. The molecule has 1 rings (SSSR count). The lowest BCUT2D eigenvalue weighted by Gasteiger charge is -2.11. The SMILES string of the molecule is Cc1ccc(NC(=O)CC(N)CN)c(C)c1. The highest BCUT2D eigenvalue weighted by Crippen LogP contribution is 2.16. The van der Waals surface area contributed by atoms with Gasteiger partial charge in [-0.25, -0.2) is 0 Å². The molecule has 0 aliphatic rings. The summed E-state index contributed by atoms with van der Waals surface area (Å²) in [5, 5.41) is 2.83. The fraction of sp³-hybridized carbons (Fsp3) is 0.417. The molecular weight excluding hydrogens is 202 g/mol. The van der Waals surface area contributed by atoms with Crippen LogP contribution in [0.3, 0.4) is 0 Å². The lowest BCUT2D eigenvalue weighted by atomic mass is 10.1. The van der Waals surface area contributed by atoms with Gasteiger partial charge in [-0.2, -0.15) is 0 Å². The van der Waals surface area contributed by atoms with Crippen molar-refractivity contribution in [3.8, 4) is 0 Å². The molecule has 4 nitrogen and oxygen atoms in total. The molecule has 16 heavy (non-hydrogen) atoms. The van der Waals surface area contributed by atoms with E-state index in [0.29, 0.717) is 6.54 Å². The molecule has 0 bridgehead atoms. The molecule has 1 amide bonds. The van der Waals surface area contributed by atoms with E-state index in [1.165, 1.54) is 5.56 Å². The summed E-state index contributed by atoms with van der Waals surface area (Å²) in [5.74, 6) is -0.0927. The Labute approximate surface area is 96.0 Å². The first kappa shape index (κ1) is 12.7. The number of rotatable bonds is 4. The van der Waals surface area contributed by atoms with E-state index in [1.807, 2.05) is 32.0 Å². The van der Waals surface area contributed by atoms with E-state index in [4.69, 9.17) is 11.5 Å². The standard InChI is InChI=1S/C12H19N3O/c1-8-3-4-11(9(2)5-8)15-12(16)6-10(14)7-13/h3-5,10H,6-7,13-14H2,1-2H3,(H,15,16). The maximum absolute atomic E-state index is 11.6. The van der Waals surface area contributed by atoms with Crippen molar-refractivity contribution in [3.63, 3.8) is 0 Å². The Morgan fingerprint density at radius 1 is 1.44 bits per heavy atom. The molecule has 88 valence electrons. The van der Waals surface area contributed by atoms with Crippen LogP contribution in [-0.2, 0) is 4.79 Å². The van der Waals surface area contributed by atoms with Crippen LogP contribution in [0.4, 0.5) is 5.69 Å². The van der Waals surface area contributed by atoms with Crippen LogP contribution in [-0.4, -0.2) is 18.5 Å². The molecule has 1 unspecified atom stereocenters. The smallest absolute Gasteiger partial charge is 0.225 e. The molecule has 4 heteroatoms. The van der Waals surface area contributed by atoms with Gasteiger partial charge in [0, 0.05) is 24.7 Å². The van der Waals surface area contributed by atoms with Crippen molar-refractivity contribution in [1.82, 2.24) is 0 Å². The molecule has 0 aliphatic carbocycles. The monoisotopic (exact) mass is 221 g/mol. The highest BCUT2D eigenvalue weighted by Gasteiger charge is 2.09. The number of carbonyl (C=O) groups excluding carboxylic acids is 1. The third-order valence-electron chi connectivity index (χ3n) is 2.41. The average Bonchev–Trinajstić information content (AvgIpc) is 2.22. The van der Waals surface area contributed by atoms with E-state index >= 15 is 0 Å². The number of benzene rings is 1. The Hall–Kier alpha value is -1.39. The van der Waals surface area contributed by atoms with Crippen molar-refractivity contribution in [2.75, 3.05) is 11.9 Å². The molecule has 5 N–H and O–H groups in total. The molecule has 0 radical (unpaired) electrons. The maximum Gasteiger partial charge on any atom is 0.225 e. The Balaban J connectivity index is 2.63. The number of aryl methyl sites for hydroxylation is 2. The van der Waals surface area contributed by atoms with Crippen molar-refractivity contribution in [1.29, 1.82) is 0 Å². The highest BCUT2D eigenvalue weighted by molar-refractivity contribution is 5.91. The van der Waals surface area contributed by atoms with Crippen LogP contribution in [0.2, 0.25) is 0 Å². The predicted molar refractivity (Wildman–Crippen MR) is 66.2 cm³/mol. The number of hydrogen-bond acceptors (Lipinski definition) is 3. The van der Waals surface area contributed by atoms with Crippen LogP contribution in [0.5, 0.6) is 0 Å². The Bertz CT molecular complexity index is 377. The summed E-state index contributed by atoms with van der Waals surface area (Å²) >= 11 is 0. The van der Waals surface area contributed by atoms with E-state index < -0.39 is 0 Å². The molecule has 0 heterocycles. The van der Waals surface area contributed by atoms with Gasteiger partial charge in [-0.05, 0) is 25.5 Å². The zero-order chi connectivity index (χ0) is 12.1. The molecule has 1 atom stereocenters. The van der Waals surface area contributed by atoms with Crippen LogP contribution in [0.15, 0.2) is 18.2 Å². The predicted octanol–water partition coefficient (Wildman–Crippen LogP) is 0.918. The normalized spacial score (nSPS) is 12.2. The number of nitrogens with one attached hydrogen (secondary N) is 1. The van der Waals surface area contributed by atoms with Gasteiger partial charge in [-0.15, -0.1) is 0 Å². The molecule has 0 aliphatic heterocycles. The second kappa shape index (κ2) is 5.63. The third-order valence-corrected chi connectivity index (χ3v) is 2.41. The molecule has 0 saturated heterocycles. The molecule has 1 aromatic rings. The fourth-order valence-electron chi connectivity index (χ4n) is 1.48. The largest absolute Gasteiger partial charge is 0.329 e. The van der Waals surface area contributed by atoms with Gasteiger partial charge in [0.15, 0.2) is 0 Å². The van der Waals surface area contributed by atoms with Crippen LogP contribution in [0.1, 0.15) is 17.5 Å². The summed E-state index contributed by atoms with van der Waals surface area (Å²) in [5.41, 5.74) is 14.0. The summed E-state index contributed by atoms with van der Waals surface area (Å²) in [6.45, 7) is 4.30. The second-order valence-electron chi connectivity index (χ2n) is 4.07. The van der Waals surface area contributed by atoms with Crippen molar-refractivity contribution < 1.29 is 4.79 Å². The van der Waals surface area contributed by atoms with Gasteiger partial charge < -0.3 is 16.8 Å². The van der Waals surface area contributed by atoms with Gasteiger partial charge in [0.2, 0.25) is 5.91 Å². The molecule has 0 aromatic heterocycles. The second-order valence-corrected chi connectivity index (χ2v) is 4.07. The summed E-state index contributed by atoms with van der Waals surface area (Å²) in [6, 6.07) is 5.62. The molecular formula is C12H19N3O. The lowest BCUT2D eigenvalue weighted by molar-refractivity contribution is -0.116. The van der Waals surface area contributed by atoms with Gasteiger partial charge in [-0.3, -0.25) is 4.79 Å². The molecule has 0 spiro atoms. The van der Waals surface area contributed by atoms with E-state index in [2.05, 4.69) is 5.32 Å². The topological polar surface area (TPSA) is 81.1 Å². The summed E-state index contributed by atoms with van der Waals surface area (Å²) in [7, 11) is 0. The molecule has 1 aromatic carbocycles. The van der Waals surface area contributed by atoms with Crippen LogP contribution < -0.4 is 16.8 Å². The zero-order valence-electron chi connectivity index (χ0n) is 9.79. The van der Waals surface area contributed by atoms with Crippen LogP contribution >= 0.6 is 0 Å². The summed E-state index contributed by atoms with van der Waals surface area (Å²) in [4.78, 5) is 11.6. The first-order chi connectivity index (χ1) is 7.52. The first-order valence-corrected chi connectivity index (χ1v) is 5.35. The maximum atomic E-state index is 11.6. The van der Waals surface area contributed by atoms with Gasteiger partial charge in [-0.1, -0.05) is 17.7 Å². The highest BCUT2D eigenvalue weighted by atomic mass is 16.1. The molecule has 0 fully saturated rings. The number of carbonyl (C=O) groups is 1. The van der Waals surface area contributed by atoms with Gasteiger partial charge in [0.1, 0.15) is 0 Å². The Morgan fingerprint density at radius 2 is 2.12 bits per heavy atom. The number of amides is 1. The van der Waals surface area contributed by atoms with E-state index in [-0.39, 0.29) is 18.4 Å². The zero-order valence-corrected chi connectivity index (χ0v) is 9.79. The van der Waals surface area contributed by atoms with Gasteiger partial charge in [0.05, 0.1) is 0 Å². The van der Waals surface area contributed by atoms with E-state index in [1.54, 1.807) is 0 Å². The Kier molecular flexibility index (Phi) is 4.46. The Morgan fingerprint density at radius 3 is 2.69 bits per heavy atom. The van der Waals surface area contributed by atoms with Crippen molar-refractivity contribution in [2.45, 2.75) is 26.3 Å². The van der Waals surface area contributed by atoms with E-state index in [0.717, 1.165) is 11.3 Å². The average molecular weight is 221 g/mol. The van der Waals surface area contributed by atoms with Gasteiger partial charge in [0.25, 0.3) is 0 Å². The van der Waals surface area contributed by atoms with Crippen LogP contribution in [0, 0.1) is 13.8 Å². The fourth-order valence-corrected chi connectivity index (χ4v) is 1.48. The first-order valence-electron chi connectivity index (χ1n) is 5.35. The summed E-state index contributed by atoms with van der Waals surface area (Å²) < 4.78 is 0. The van der Waals surface area contributed by atoms with Crippen molar-refractivity contribution >= 4 is 11.6 Å². The van der Waals surface area contributed by atoms with Gasteiger partial charge >= 0.3 is 0 Å². The lowest BCUT2D eigenvalue weighted by Crippen LogP contribution is -2.33. The number of nitrogens with two attached hydrogens (primary N) is 2. The third kappa shape index (κ3) is 3.64. The minimum Gasteiger partial charge on any atom is -0.329 e. The number of anilines is 1. The minimum atomic E-state index is -0.272. The van der Waals surface area contributed by atoms with Crippen LogP contribution in [0.25, 0.3) is 0 Å².